The van der Waals surface area contributed by atoms with Crippen LogP contribution in [0.1, 0.15) is 35.2 Å². The number of methoxy groups -OCH3 is 1. The van der Waals surface area contributed by atoms with E-state index in [2.05, 4.69) is 38.7 Å². The lowest BCUT2D eigenvalue weighted by Crippen LogP contribution is -2.43. The van der Waals surface area contributed by atoms with Gasteiger partial charge in [0.05, 0.1) is 12.1 Å². The number of carbonyl (C=O) groups is 1. The lowest BCUT2D eigenvalue weighted by atomic mass is 10.1. The average Bonchev–Trinajstić information content (AvgIpc) is 3.43. The molecule has 1 saturated carbocycles. The van der Waals surface area contributed by atoms with Crippen LogP contribution in [0.2, 0.25) is 5.02 Å². The molecule has 174 valence electrons. The van der Waals surface area contributed by atoms with Crippen molar-refractivity contribution in [2.75, 3.05) is 44.0 Å². The van der Waals surface area contributed by atoms with Crippen molar-refractivity contribution < 1.29 is 9.53 Å². The molecule has 0 bridgehead atoms. The maximum Gasteiger partial charge on any atom is 0.256 e. The summed E-state index contributed by atoms with van der Waals surface area (Å²) in [6.07, 6.45) is 6.83. The van der Waals surface area contributed by atoms with E-state index < -0.39 is 0 Å². The van der Waals surface area contributed by atoms with Gasteiger partial charge in [-0.2, -0.15) is 4.98 Å². The van der Waals surface area contributed by atoms with Gasteiger partial charge in [0, 0.05) is 37.4 Å². The Morgan fingerprint density at radius 1 is 1.30 bits per heavy atom. The predicted molar refractivity (Wildman–Crippen MR) is 129 cm³/mol. The largest absolute Gasteiger partial charge is 0.495 e. The first-order valence-corrected chi connectivity index (χ1v) is 11.8. The molecule has 9 heteroatoms. The summed E-state index contributed by atoms with van der Waals surface area (Å²) in [5.41, 5.74) is 2.87. The van der Waals surface area contributed by atoms with E-state index in [1.54, 1.807) is 13.3 Å². The first-order chi connectivity index (χ1) is 16.0. The maximum absolute atomic E-state index is 13.1. The minimum Gasteiger partial charge on any atom is -0.495 e. The molecule has 3 heterocycles. The molecule has 3 aliphatic rings. The average molecular weight is 469 g/mol. The molecule has 0 spiro atoms. The Kier molecular flexibility index (Phi) is 6.12. The fraction of sp³-hybridized carbons (Fsp3) is 0.458. The van der Waals surface area contributed by atoms with E-state index in [0.717, 1.165) is 38.0 Å². The summed E-state index contributed by atoms with van der Waals surface area (Å²) < 4.78 is 5.24. The molecule has 1 saturated heterocycles. The van der Waals surface area contributed by atoms with Crippen LogP contribution in [0, 0.1) is 5.92 Å². The van der Waals surface area contributed by atoms with E-state index in [-0.39, 0.29) is 11.9 Å². The number of amides is 1. The van der Waals surface area contributed by atoms with E-state index in [9.17, 15) is 4.79 Å². The van der Waals surface area contributed by atoms with Crippen molar-refractivity contribution in [3.63, 3.8) is 0 Å². The van der Waals surface area contributed by atoms with Gasteiger partial charge in [-0.05, 0) is 62.7 Å². The number of nitrogens with one attached hydrogen (secondary N) is 2. The minimum atomic E-state index is -0.144. The summed E-state index contributed by atoms with van der Waals surface area (Å²) in [6, 6.07) is 5.79. The Morgan fingerprint density at radius 3 is 2.82 bits per heavy atom. The number of carbonyl (C=O) groups excluding carboxylic acids is 1. The summed E-state index contributed by atoms with van der Waals surface area (Å²) in [5.74, 6) is 2.26. The van der Waals surface area contributed by atoms with Crippen LogP contribution in [0.15, 0.2) is 36.2 Å². The number of aromatic nitrogens is 2. The molecular weight excluding hydrogens is 440 g/mol. The second kappa shape index (κ2) is 9.19. The smallest absolute Gasteiger partial charge is 0.256 e. The highest BCUT2D eigenvalue weighted by atomic mass is 35.5. The van der Waals surface area contributed by atoms with E-state index >= 15 is 0 Å². The molecule has 33 heavy (non-hydrogen) atoms. The van der Waals surface area contributed by atoms with Gasteiger partial charge in [0.15, 0.2) is 0 Å². The lowest BCUT2D eigenvalue weighted by Gasteiger charge is -2.29. The van der Waals surface area contributed by atoms with Gasteiger partial charge in [-0.3, -0.25) is 4.79 Å². The second-order valence-electron chi connectivity index (χ2n) is 9.06. The van der Waals surface area contributed by atoms with E-state index in [1.165, 1.54) is 12.0 Å². The van der Waals surface area contributed by atoms with Crippen LogP contribution in [0.4, 0.5) is 11.8 Å². The standard InChI is InChI=1S/C24H29ClN6O2/c1-30-7-5-18(6-8-30)28-23(32)19-12-27-24(31-13-16-10-17(16)14-31)29-22(19)26-11-15-3-4-21(33-2)20(25)9-15/h3-4,9,12-13,17-18H,5-8,10-11,14H2,1-2H3,(H,28,32)(H,26,27,29). The number of halogens is 1. The Balaban J connectivity index is 1.35. The van der Waals surface area contributed by atoms with Gasteiger partial charge in [-0.15, -0.1) is 0 Å². The SMILES string of the molecule is COc1ccc(CNc2nc(N3C=C4CC4C3)ncc2C(=O)NC2CCN(C)CC2)cc1Cl. The van der Waals surface area contributed by atoms with Crippen LogP contribution in [0.5, 0.6) is 5.75 Å². The summed E-state index contributed by atoms with van der Waals surface area (Å²) in [4.78, 5) is 26.8. The van der Waals surface area contributed by atoms with Gasteiger partial charge >= 0.3 is 0 Å². The Bertz CT molecular complexity index is 1080. The van der Waals surface area contributed by atoms with Crippen molar-refractivity contribution in [1.29, 1.82) is 0 Å². The van der Waals surface area contributed by atoms with Gasteiger partial charge < -0.3 is 25.2 Å². The molecule has 2 aromatic rings. The molecule has 1 atom stereocenters. The normalized spacial score (nSPS) is 20.3. The number of ether oxygens (including phenoxy) is 1. The Labute approximate surface area is 199 Å². The Hall–Kier alpha value is -2.84. The van der Waals surface area contributed by atoms with Crippen molar-refractivity contribution in [1.82, 2.24) is 20.2 Å². The summed E-state index contributed by atoms with van der Waals surface area (Å²) in [6.45, 7) is 3.34. The molecule has 1 aromatic heterocycles. The number of hydrogen-bond donors (Lipinski definition) is 2. The van der Waals surface area contributed by atoms with E-state index in [4.69, 9.17) is 21.3 Å². The molecule has 1 aliphatic carbocycles. The first-order valence-electron chi connectivity index (χ1n) is 11.4. The third-order valence-electron chi connectivity index (χ3n) is 6.59. The number of hydrogen-bond acceptors (Lipinski definition) is 7. The number of benzene rings is 1. The molecule has 1 amide bonds. The highest BCUT2D eigenvalue weighted by molar-refractivity contribution is 6.32. The number of likely N-dealkylation sites (tertiary alicyclic amines) is 1. The zero-order chi connectivity index (χ0) is 22.9. The van der Waals surface area contributed by atoms with E-state index in [0.29, 0.717) is 40.6 Å². The zero-order valence-electron chi connectivity index (χ0n) is 19.0. The summed E-state index contributed by atoms with van der Waals surface area (Å²) in [7, 11) is 3.70. The fourth-order valence-electron chi connectivity index (χ4n) is 4.43. The molecule has 1 unspecified atom stereocenters. The number of rotatable bonds is 7. The van der Waals surface area contributed by atoms with Gasteiger partial charge in [0.25, 0.3) is 5.91 Å². The van der Waals surface area contributed by atoms with Gasteiger partial charge in [0.2, 0.25) is 5.95 Å². The molecule has 8 nitrogen and oxygen atoms in total. The van der Waals surface area contributed by atoms with Crippen molar-refractivity contribution in [3.05, 3.63) is 52.3 Å². The molecule has 1 aromatic carbocycles. The van der Waals surface area contributed by atoms with Crippen LogP contribution < -0.4 is 20.3 Å². The quantitative estimate of drug-likeness (QED) is 0.645. The van der Waals surface area contributed by atoms with Crippen LogP contribution in [-0.4, -0.2) is 60.6 Å². The van der Waals surface area contributed by atoms with Gasteiger partial charge in [-0.1, -0.05) is 17.7 Å². The second-order valence-corrected chi connectivity index (χ2v) is 9.47. The Morgan fingerprint density at radius 2 is 2.12 bits per heavy atom. The third kappa shape index (κ3) is 4.91. The van der Waals surface area contributed by atoms with Crippen molar-refractivity contribution >= 4 is 29.3 Å². The third-order valence-corrected chi connectivity index (χ3v) is 6.89. The van der Waals surface area contributed by atoms with Crippen LogP contribution >= 0.6 is 11.6 Å². The van der Waals surface area contributed by atoms with E-state index in [1.807, 2.05) is 18.2 Å². The molecular formula is C24H29ClN6O2. The fourth-order valence-corrected chi connectivity index (χ4v) is 4.71. The predicted octanol–water partition coefficient (Wildman–Crippen LogP) is 3.30. The monoisotopic (exact) mass is 468 g/mol. The molecule has 5 rings (SSSR count). The van der Waals surface area contributed by atoms with Crippen LogP contribution in [0.3, 0.4) is 0 Å². The van der Waals surface area contributed by atoms with Crippen molar-refractivity contribution in [2.45, 2.75) is 31.8 Å². The van der Waals surface area contributed by atoms with Crippen molar-refractivity contribution in [2.24, 2.45) is 5.92 Å². The first kappa shape index (κ1) is 22.0. The minimum absolute atomic E-state index is 0.144. The number of nitrogens with zero attached hydrogens (tertiary/aromatic N) is 4. The lowest BCUT2D eigenvalue weighted by molar-refractivity contribution is 0.0917. The van der Waals surface area contributed by atoms with Crippen LogP contribution in [-0.2, 0) is 6.54 Å². The van der Waals surface area contributed by atoms with Crippen LogP contribution in [0.25, 0.3) is 0 Å². The zero-order valence-corrected chi connectivity index (χ0v) is 19.7. The molecule has 2 aliphatic heterocycles. The molecule has 2 N–H and O–H groups in total. The summed E-state index contributed by atoms with van der Waals surface area (Å²) >= 11 is 6.28. The van der Waals surface area contributed by atoms with Crippen molar-refractivity contribution in [3.8, 4) is 5.75 Å². The number of fused-ring (bicyclic) bond motifs is 1. The number of piperidine rings is 1. The maximum atomic E-state index is 13.1. The summed E-state index contributed by atoms with van der Waals surface area (Å²) in [5, 5.41) is 7.06. The highest BCUT2D eigenvalue weighted by Crippen LogP contribution is 2.44. The number of anilines is 2. The molecule has 0 radical (unpaired) electrons. The molecule has 2 fully saturated rings. The van der Waals surface area contributed by atoms with Gasteiger partial charge in [-0.25, -0.2) is 4.98 Å². The van der Waals surface area contributed by atoms with Gasteiger partial charge in [0.1, 0.15) is 17.1 Å². The topological polar surface area (TPSA) is 82.6 Å². The highest BCUT2D eigenvalue weighted by Gasteiger charge is 2.38.